The molecule has 8 heteroatoms. The zero-order chi connectivity index (χ0) is 19.1. The lowest BCUT2D eigenvalue weighted by atomic mass is 10.3. The predicted molar refractivity (Wildman–Crippen MR) is 109 cm³/mol. The van der Waals surface area contributed by atoms with Crippen LogP contribution in [0.5, 0.6) is 0 Å². The Morgan fingerprint density at radius 1 is 1.00 bits per heavy atom. The monoisotopic (exact) mass is 411 g/mol. The first-order valence-electron chi connectivity index (χ1n) is 7.75. The molecule has 2 amide bonds. The highest BCUT2D eigenvalue weighted by atomic mass is 35.5. The molecule has 2 rings (SSSR count). The Morgan fingerprint density at radius 3 is 2.31 bits per heavy atom. The van der Waals surface area contributed by atoms with Crippen molar-refractivity contribution in [3.8, 4) is 0 Å². The Labute approximate surface area is 167 Å². The molecule has 0 spiro atoms. The lowest BCUT2D eigenvalue weighted by Gasteiger charge is -2.17. The molecule has 0 bridgehead atoms. The molecule has 0 heterocycles. The van der Waals surface area contributed by atoms with E-state index < -0.39 is 0 Å². The number of nitrogens with one attached hydrogen (secondary N) is 2. The fraction of sp³-hybridized carbons (Fsp3) is 0.222. The average Bonchev–Trinajstić information content (AvgIpc) is 2.58. The minimum absolute atomic E-state index is 0.0673. The number of benzene rings is 2. The number of carbonyl (C=O) groups is 2. The van der Waals surface area contributed by atoms with Gasteiger partial charge in [-0.05, 0) is 43.6 Å². The second-order valence-electron chi connectivity index (χ2n) is 5.60. The van der Waals surface area contributed by atoms with Crippen molar-refractivity contribution in [1.82, 2.24) is 4.90 Å². The number of halogens is 2. The first-order valence-corrected chi connectivity index (χ1v) is 9.73. The van der Waals surface area contributed by atoms with Crippen molar-refractivity contribution in [3.05, 3.63) is 52.5 Å². The highest BCUT2D eigenvalue weighted by molar-refractivity contribution is 7.98. The zero-order valence-electron chi connectivity index (χ0n) is 14.4. The molecule has 2 N–H and O–H groups in total. The summed E-state index contributed by atoms with van der Waals surface area (Å²) in [4.78, 5) is 26.9. The number of anilines is 2. The van der Waals surface area contributed by atoms with Crippen LogP contribution in [0.15, 0.2) is 47.4 Å². The van der Waals surface area contributed by atoms with Crippen LogP contribution in [0, 0.1) is 0 Å². The van der Waals surface area contributed by atoms with Gasteiger partial charge in [0.2, 0.25) is 11.8 Å². The molecule has 0 saturated heterocycles. The smallest absolute Gasteiger partial charge is 0.238 e. The summed E-state index contributed by atoms with van der Waals surface area (Å²) in [5, 5.41) is 6.37. The highest BCUT2D eigenvalue weighted by Crippen LogP contribution is 2.25. The van der Waals surface area contributed by atoms with Crippen LogP contribution < -0.4 is 10.6 Å². The first-order chi connectivity index (χ1) is 12.4. The van der Waals surface area contributed by atoms with Crippen molar-refractivity contribution in [2.75, 3.05) is 37.0 Å². The van der Waals surface area contributed by atoms with E-state index in [1.807, 2.05) is 30.5 Å². The van der Waals surface area contributed by atoms with Crippen LogP contribution in [0.3, 0.4) is 0 Å². The fourth-order valence-electron chi connectivity index (χ4n) is 2.26. The molecule has 0 aliphatic heterocycles. The maximum Gasteiger partial charge on any atom is 0.238 e. The summed E-state index contributed by atoms with van der Waals surface area (Å²) in [5.41, 5.74) is 1.31. The normalized spacial score (nSPS) is 10.7. The van der Waals surface area contributed by atoms with E-state index in [9.17, 15) is 9.59 Å². The Bertz CT molecular complexity index is 802. The van der Waals surface area contributed by atoms with Crippen molar-refractivity contribution >= 4 is 58.2 Å². The van der Waals surface area contributed by atoms with Gasteiger partial charge in [0.25, 0.3) is 0 Å². The number of hydrogen-bond acceptors (Lipinski definition) is 4. The lowest BCUT2D eigenvalue weighted by Crippen LogP contribution is -2.36. The van der Waals surface area contributed by atoms with Crippen LogP contribution in [-0.4, -0.2) is 43.1 Å². The Kier molecular flexibility index (Phi) is 7.78. The van der Waals surface area contributed by atoms with Gasteiger partial charge in [-0.1, -0.05) is 35.3 Å². The van der Waals surface area contributed by atoms with E-state index in [0.717, 1.165) is 10.6 Å². The third-order valence-electron chi connectivity index (χ3n) is 3.41. The van der Waals surface area contributed by atoms with Crippen LogP contribution in [-0.2, 0) is 9.59 Å². The van der Waals surface area contributed by atoms with Gasteiger partial charge in [0.1, 0.15) is 0 Å². The summed E-state index contributed by atoms with van der Waals surface area (Å²) in [6.45, 7) is 0.162. The van der Waals surface area contributed by atoms with Gasteiger partial charge < -0.3 is 10.6 Å². The van der Waals surface area contributed by atoms with Gasteiger partial charge in [-0.3, -0.25) is 14.5 Å². The third-order valence-corrected chi connectivity index (χ3v) is 4.95. The van der Waals surface area contributed by atoms with Gasteiger partial charge in [0, 0.05) is 10.6 Å². The predicted octanol–water partition coefficient (Wildman–Crippen LogP) is 4.22. The molecule has 2 aromatic carbocycles. The average molecular weight is 412 g/mol. The topological polar surface area (TPSA) is 61.4 Å². The number of amides is 2. The van der Waals surface area contributed by atoms with Crippen molar-refractivity contribution in [2.24, 2.45) is 0 Å². The Hall–Kier alpha value is -1.73. The summed E-state index contributed by atoms with van der Waals surface area (Å²) in [6.07, 6.45) is 1.95. The van der Waals surface area contributed by atoms with Gasteiger partial charge in [-0.25, -0.2) is 0 Å². The van der Waals surface area contributed by atoms with Gasteiger partial charge in [0.05, 0.1) is 28.8 Å². The quantitative estimate of drug-likeness (QED) is 0.669. The molecule has 0 aliphatic rings. The van der Waals surface area contributed by atoms with Crippen molar-refractivity contribution in [1.29, 1.82) is 0 Å². The standard InChI is InChI=1S/C18H19Cl2N3O2S/c1-23(10-17(24)21-12-7-8-13(19)14(20)9-12)11-18(25)22-15-5-3-4-6-16(15)26-2/h3-9H,10-11H2,1-2H3,(H,21,24)(H,22,25). The van der Waals surface area contributed by atoms with Crippen molar-refractivity contribution in [3.63, 3.8) is 0 Å². The maximum atomic E-state index is 12.2. The van der Waals surface area contributed by atoms with E-state index in [2.05, 4.69) is 10.6 Å². The van der Waals surface area contributed by atoms with Gasteiger partial charge in [-0.15, -0.1) is 11.8 Å². The number of nitrogens with zero attached hydrogens (tertiary/aromatic N) is 1. The Morgan fingerprint density at radius 2 is 1.65 bits per heavy atom. The first kappa shape index (κ1) is 20.6. The Balaban J connectivity index is 1.85. The van der Waals surface area contributed by atoms with Crippen LogP contribution in [0.4, 0.5) is 11.4 Å². The summed E-state index contributed by atoms with van der Waals surface area (Å²) in [6, 6.07) is 12.4. The summed E-state index contributed by atoms with van der Waals surface area (Å²) in [7, 11) is 1.70. The van der Waals surface area contributed by atoms with Crippen LogP contribution in [0.1, 0.15) is 0 Å². The van der Waals surface area contributed by atoms with Crippen LogP contribution in [0.2, 0.25) is 10.0 Å². The van der Waals surface area contributed by atoms with Gasteiger partial charge in [0.15, 0.2) is 0 Å². The maximum absolute atomic E-state index is 12.2. The molecular formula is C18H19Cl2N3O2S. The molecule has 0 aliphatic carbocycles. The van der Waals surface area contributed by atoms with E-state index in [4.69, 9.17) is 23.2 Å². The van der Waals surface area contributed by atoms with Gasteiger partial charge in [-0.2, -0.15) is 0 Å². The largest absolute Gasteiger partial charge is 0.325 e. The molecule has 26 heavy (non-hydrogen) atoms. The molecule has 0 aromatic heterocycles. The van der Waals surface area contributed by atoms with Crippen molar-refractivity contribution < 1.29 is 9.59 Å². The zero-order valence-corrected chi connectivity index (χ0v) is 16.7. The number of likely N-dealkylation sites (N-methyl/N-ethyl adjacent to an activating group) is 1. The second-order valence-corrected chi connectivity index (χ2v) is 7.26. The molecule has 2 aromatic rings. The molecule has 138 valence electrons. The fourth-order valence-corrected chi connectivity index (χ4v) is 3.11. The molecule has 5 nitrogen and oxygen atoms in total. The molecule has 0 atom stereocenters. The van der Waals surface area contributed by atoms with E-state index in [-0.39, 0.29) is 24.9 Å². The summed E-state index contributed by atoms with van der Waals surface area (Å²) >= 11 is 13.3. The van der Waals surface area contributed by atoms with Crippen LogP contribution in [0.25, 0.3) is 0 Å². The van der Waals surface area contributed by atoms with E-state index in [0.29, 0.717) is 15.7 Å². The third kappa shape index (κ3) is 6.21. The highest BCUT2D eigenvalue weighted by Gasteiger charge is 2.13. The number of rotatable bonds is 7. The minimum Gasteiger partial charge on any atom is -0.325 e. The summed E-state index contributed by atoms with van der Waals surface area (Å²) in [5.74, 6) is -0.431. The minimum atomic E-state index is -0.247. The molecule has 0 fully saturated rings. The van der Waals surface area contributed by atoms with Crippen molar-refractivity contribution in [2.45, 2.75) is 4.90 Å². The number of thioether (sulfide) groups is 1. The number of para-hydroxylation sites is 1. The molecule has 0 unspecified atom stereocenters. The summed E-state index contributed by atoms with van der Waals surface area (Å²) < 4.78 is 0. The number of carbonyl (C=O) groups excluding carboxylic acids is 2. The van der Waals surface area contributed by atoms with E-state index in [1.165, 1.54) is 0 Å². The SMILES string of the molecule is CSc1ccccc1NC(=O)CN(C)CC(=O)Nc1ccc(Cl)c(Cl)c1. The van der Waals surface area contributed by atoms with E-state index in [1.54, 1.807) is 41.9 Å². The van der Waals surface area contributed by atoms with E-state index >= 15 is 0 Å². The lowest BCUT2D eigenvalue weighted by molar-refractivity contribution is -0.119. The molecule has 0 radical (unpaired) electrons. The molecule has 0 saturated carbocycles. The van der Waals surface area contributed by atoms with Gasteiger partial charge >= 0.3 is 0 Å². The second kappa shape index (κ2) is 9.83. The number of hydrogen-bond donors (Lipinski definition) is 2. The molecular weight excluding hydrogens is 393 g/mol. The van der Waals surface area contributed by atoms with Crippen LogP contribution >= 0.6 is 35.0 Å².